The van der Waals surface area contributed by atoms with Gasteiger partial charge in [-0.2, -0.15) is 0 Å². The van der Waals surface area contributed by atoms with Crippen LogP contribution in [0.25, 0.3) is 6.08 Å². The smallest absolute Gasteiger partial charge is 0.0655 e. The second-order valence-corrected chi connectivity index (χ2v) is 4.56. The number of rotatable bonds is 1. The second kappa shape index (κ2) is 3.91. The fourth-order valence-electron chi connectivity index (χ4n) is 2.51. The molecule has 1 heterocycles. The van der Waals surface area contributed by atoms with Crippen molar-refractivity contribution in [3.8, 4) is 0 Å². The topological polar surface area (TPSA) is 6.48 Å². The predicted octanol–water partition coefficient (Wildman–Crippen LogP) is 4.18. The molecule has 0 saturated carbocycles. The summed E-state index contributed by atoms with van der Waals surface area (Å²) in [6, 6.07) is 14.9. The van der Waals surface area contributed by atoms with Gasteiger partial charge in [0.2, 0.25) is 0 Å². The van der Waals surface area contributed by atoms with Gasteiger partial charge < -0.3 is 9.80 Å². The van der Waals surface area contributed by atoms with Crippen LogP contribution in [-0.2, 0) is 0 Å². The minimum atomic E-state index is 1.15. The van der Waals surface area contributed by atoms with E-state index in [1.165, 1.54) is 22.7 Å². The van der Waals surface area contributed by atoms with Gasteiger partial charge in [0.25, 0.3) is 0 Å². The summed E-state index contributed by atoms with van der Waals surface area (Å²) in [6.07, 6.45) is 1.88. The molecule has 0 atom stereocenters. The Bertz CT molecular complexity index is 616. The molecule has 3 rings (SSSR count). The fourth-order valence-corrected chi connectivity index (χ4v) is 2.51. The van der Waals surface area contributed by atoms with Crippen molar-refractivity contribution in [2.24, 2.45) is 0 Å². The van der Waals surface area contributed by atoms with Gasteiger partial charge in [0.1, 0.15) is 0 Å². The average molecular weight is 236 g/mol. The highest BCUT2D eigenvalue weighted by Gasteiger charge is 2.23. The summed E-state index contributed by atoms with van der Waals surface area (Å²) >= 11 is 0. The maximum atomic E-state index is 3.84. The summed E-state index contributed by atoms with van der Waals surface area (Å²) in [5, 5.41) is 0. The molecular weight excluding hydrogens is 220 g/mol. The zero-order valence-corrected chi connectivity index (χ0v) is 10.7. The van der Waals surface area contributed by atoms with Crippen LogP contribution in [0.15, 0.2) is 49.0 Å². The predicted molar refractivity (Wildman–Crippen MR) is 79.1 cm³/mol. The van der Waals surface area contributed by atoms with Gasteiger partial charge in [0.05, 0.1) is 22.7 Å². The van der Waals surface area contributed by atoms with Crippen LogP contribution in [0.3, 0.4) is 0 Å². The van der Waals surface area contributed by atoms with Crippen LogP contribution < -0.4 is 9.80 Å². The second-order valence-electron chi connectivity index (χ2n) is 4.56. The SMILES string of the molecule is C=Cc1ccc2c(c1)N(C)c1ccccc1N2C. The molecule has 0 spiro atoms. The van der Waals surface area contributed by atoms with Crippen molar-refractivity contribution in [1.82, 2.24) is 0 Å². The Hall–Kier alpha value is -2.22. The Labute approximate surface area is 108 Å². The van der Waals surface area contributed by atoms with Gasteiger partial charge in [-0.1, -0.05) is 30.9 Å². The molecule has 0 aromatic heterocycles. The van der Waals surface area contributed by atoms with Crippen LogP contribution >= 0.6 is 0 Å². The molecular formula is C16H16N2. The lowest BCUT2D eigenvalue weighted by atomic mass is 10.1. The number of benzene rings is 2. The molecule has 1 aliphatic heterocycles. The third kappa shape index (κ3) is 1.42. The Kier molecular flexibility index (Phi) is 2.37. The van der Waals surface area contributed by atoms with Crippen molar-refractivity contribution in [3.63, 3.8) is 0 Å². The molecule has 1 aliphatic rings. The van der Waals surface area contributed by atoms with Crippen molar-refractivity contribution < 1.29 is 0 Å². The summed E-state index contributed by atoms with van der Waals surface area (Å²) in [7, 11) is 4.22. The number of anilines is 4. The van der Waals surface area contributed by atoms with Crippen LogP contribution in [0.4, 0.5) is 22.7 Å². The van der Waals surface area contributed by atoms with E-state index in [2.05, 4.69) is 72.9 Å². The molecule has 0 saturated heterocycles. The lowest BCUT2D eigenvalue weighted by Crippen LogP contribution is -2.24. The molecule has 90 valence electrons. The van der Waals surface area contributed by atoms with E-state index in [0.29, 0.717) is 0 Å². The van der Waals surface area contributed by atoms with E-state index in [1.807, 2.05) is 6.08 Å². The number of hydrogen-bond acceptors (Lipinski definition) is 2. The van der Waals surface area contributed by atoms with Crippen LogP contribution in [0, 0.1) is 0 Å². The van der Waals surface area contributed by atoms with Gasteiger partial charge in [-0.25, -0.2) is 0 Å². The van der Waals surface area contributed by atoms with Crippen molar-refractivity contribution in [2.45, 2.75) is 0 Å². The third-order valence-corrected chi connectivity index (χ3v) is 3.56. The monoisotopic (exact) mass is 236 g/mol. The van der Waals surface area contributed by atoms with E-state index in [-0.39, 0.29) is 0 Å². The molecule has 0 radical (unpaired) electrons. The maximum absolute atomic E-state index is 3.84. The van der Waals surface area contributed by atoms with Gasteiger partial charge in [-0.3, -0.25) is 0 Å². The lowest BCUT2D eigenvalue weighted by Gasteiger charge is -2.36. The minimum absolute atomic E-state index is 1.15. The highest BCUT2D eigenvalue weighted by Crippen LogP contribution is 2.46. The summed E-state index contributed by atoms with van der Waals surface area (Å²) in [5.74, 6) is 0. The molecule has 18 heavy (non-hydrogen) atoms. The van der Waals surface area contributed by atoms with E-state index in [9.17, 15) is 0 Å². The molecule has 0 bridgehead atoms. The Morgan fingerprint density at radius 2 is 1.39 bits per heavy atom. The van der Waals surface area contributed by atoms with Crippen LogP contribution in [0.5, 0.6) is 0 Å². The number of fused-ring (bicyclic) bond motifs is 2. The summed E-state index contributed by atoms with van der Waals surface area (Å²) in [6.45, 7) is 3.84. The van der Waals surface area contributed by atoms with Crippen molar-refractivity contribution >= 4 is 28.8 Å². The van der Waals surface area contributed by atoms with E-state index in [4.69, 9.17) is 0 Å². The number of nitrogens with zero attached hydrogens (tertiary/aromatic N) is 2. The first-order chi connectivity index (χ1) is 8.72. The van der Waals surface area contributed by atoms with E-state index >= 15 is 0 Å². The molecule has 0 unspecified atom stereocenters. The zero-order chi connectivity index (χ0) is 12.7. The van der Waals surface area contributed by atoms with Gasteiger partial charge in [-0.05, 0) is 29.8 Å². The molecule has 2 heteroatoms. The van der Waals surface area contributed by atoms with Crippen molar-refractivity contribution in [3.05, 3.63) is 54.6 Å². The molecule has 0 amide bonds. The van der Waals surface area contributed by atoms with Crippen LogP contribution in [-0.4, -0.2) is 14.1 Å². The molecule has 2 aromatic carbocycles. The van der Waals surface area contributed by atoms with E-state index in [0.717, 1.165) is 5.56 Å². The Morgan fingerprint density at radius 1 is 0.833 bits per heavy atom. The fraction of sp³-hybridized carbons (Fsp3) is 0.125. The Balaban J connectivity index is 2.23. The van der Waals surface area contributed by atoms with Gasteiger partial charge in [0, 0.05) is 14.1 Å². The van der Waals surface area contributed by atoms with Crippen molar-refractivity contribution in [2.75, 3.05) is 23.9 Å². The highest BCUT2D eigenvalue weighted by atomic mass is 15.2. The molecule has 2 aromatic rings. The highest BCUT2D eigenvalue weighted by molar-refractivity contribution is 5.93. The Morgan fingerprint density at radius 3 is 2.00 bits per heavy atom. The standard InChI is InChI=1S/C16H16N2/c1-4-12-9-10-15-16(11-12)18(3)14-8-6-5-7-13(14)17(15)2/h4-11H,1H2,2-3H3. The minimum Gasteiger partial charge on any atom is -0.341 e. The van der Waals surface area contributed by atoms with E-state index in [1.54, 1.807) is 0 Å². The van der Waals surface area contributed by atoms with Crippen LogP contribution in [0.2, 0.25) is 0 Å². The normalized spacial score (nSPS) is 13.0. The molecule has 0 aliphatic carbocycles. The summed E-state index contributed by atoms with van der Waals surface area (Å²) < 4.78 is 0. The number of para-hydroxylation sites is 2. The lowest BCUT2D eigenvalue weighted by molar-refractivity contribution is 1.10. The van der Waals surface area contributed by atoms with Crippen molar-refractivity contribution in [1.29, 1.82) is 0 Å². The summed E-state index contributed by atoms with van der Waals surface area (Å²) in [4.78, 5) is 4.47. The first kappa shape index (κ1) is 10.9. The zero-order valence-electron chi connectivity index (χ0n) is 10.7. The van der Waals surface area contributed by atoms with Gasteiger partial charge in [-0.15, -0.1) is 0 Å². The first-order valence-electron chi connectivity index (χ1n) is 6.05. The van der Waals surface area contributed by atoms with Crippen LogP contribution in [0.1, 0.15) is 5.56 Å². The molecule has 0 N–H and O–H groups in total. The van der Waals surface area contributed by atoms with Gasteiger partial charge in [0.15, 0.2) is 0 Å². The van der Waals surface area contributed by atoms with Gasteiger partial charge >= 0.3 is 0 Å². The van der Waals surface area contributed by atoms with E-state index < -0.39 is 0 Å². The maximum Gasteiger partial charge on any atom is 0.0655 e. The molecule has 0 fully saturated rings. The first-order valence-corrected chi connectivity index (χ1v) is 6.05. The summed E-state index contributed by atoms with van der Waals surface area (Å²) in [5.41, 5.74) is 6.05. The average Bonchev–Trinajstić information content (AvgIpc) is 2.44. The third-order valence-electron chi connectivity index (χ3n) is 3.56. The number of hydrogen-bond donors (Lipinski definition) is 0. The molecule has 2 nitrogen and oxygen atoms in total. The quantitative estimate of drug-likeness (QED) is 0.733. The largest absolute Gasteiger partial charge is 0.341 e.